The summed E-state index contributed by atoms with van der Waals surface area (Å²) in [6, 6.07) is 5.48. The molecule has 0 aliphatic heterocycles. The Bertz CT molecular complexity index is 418. The molecule has 0 bridgehead atoms. The molecule has 2 heteroatoms. The number of ketones is 1. The molecular formula is C12H11ClO. The van der Waals surface area contributed by atoms with Crippen LogP contribution in [0.25, 0.3) is 0 Å². The number of benzene rings is 1. The largest absolute Gasteiger partial charge is 0.289 e. The van der Waals surface area contributed by atoms with Crippen LogP contribution in [0.15, 0.2) is 29.8 Å². The van der Waals surface area contributed by atoms with Gasteiger partial charge >= 0.3 is 0 Å². The maximum Gasteiger partial charge on any atom is 0.186 e. The monoisotopic (exact) mass is 206 g/mol. The number of aryl methyl sites for hydroxylation is 1. The van der Waals surface area contributed by atoms with Gasteiger partial charge in [0.2, 0.25) is 0 Å². The first kappa shape index (κ1) is 9.47. The van der Waals surface area contributed by atoms with Crippen molar-refractivity contribution in [2.75, 3.05) is 0 Å². The molecule has 0 saturated heterocycles. The van der Waals surface area contributed by atoms with E-state index >= 15 is 0 Å². The van der Waals surface area contributed by atoms with Gasteiger partial charge < -0.3 is 0 Å². The van der Waals surface area contributed by atoms with Crippen LogP contribution >= 0.6 is 11.6 Å². The van der Waals surface area contributed by atoms with E-state index < -0.39 is 0 Å². The third kappa shape index (κ3) is 1.73. The molecule has 0 saturated carbocycles. The van der Waals surface area contributed by atoms with Crippen molar-refractivity contribution in [1.82, 2.24) is 0 Å². The molecule has 1 aromatic carbocycles. The maximum absolute atomic E-state index is 11.7. The number of carbonyl (C=O) groups excluding carboxylic acids is 1. The fraction of sp³-hybridized carbons (Fsp3) is 0.250. The van der Waals surface area contributed by atoms with E-state index in [1.807, 2.05) is 19.1 Å². The van der Waals surface area contributed by atoms with Crippen LogP contribution in [-0.2, 0) is 6.42 Å². The normalized spacial score (nSPS) is 15.9. The summed E-state index contributed by atoms with van der Waals surface area (Å²) in [7, 11) is 0. The van der Waals surface area contributed by atoms with Gasteiger partial charge in [-0.25, -0.2) is 0 Å². The molecule has 0 N–H and O–H groups in total. The molecular weight excluding hydrogens is 196 g/mol. The Morgan fingerprint density at radius 2 is 2.07 bits per heavy atom. The number of fused-ring (bicyclic) bond motifs is 1. The zero-order chi connectivity index (χ0) is 10.1. The molecule has 0 unspecified atom stereocenters. The lowest BCUT2D eigenvalue weighted by atomic mass is 10.0. The van der Waals surface area contributed by atoms with Crippen molar-refractivity contribution in [1.29, 1.82) is 0 Å². The second kappa shape index (κ2) is 3.58. The van der Waals surface area contributed by atoms with Gasteiger partial charge in [-0.05, 0) is 49.6 Å². The molecule has 2 rings (SSSR count). The van der Waals surface area contributed by atoms with Gasteiger partial charge in [0.25, 0.3) is 0 Å². The third-order valence-corrected chi connectivity index (χ3v) is 2.73. The van der Waals surface area contributed by atoms with Crippen LogP contribution in [0.1, 0.15) is 29.3 Å². The molecule has 0 radical (unpaired) electrons. The average molecular weight is 207 g/mol. The van der Waals surface area contributed by atoms with Gasteiger partial charge in [0.1, 0.15) is 0 Å². The number of rotatable bonds is 0. The molecule has 1 nitrogen and oxygen atoms in total. The second-order valence-corrected chi connectivity index (χ2v) is 4.09. The summed E-state index contributed by atoms with van der Waals surface area (Å²) < 4.78 is 0. The Kier molecular flexibility index (Phi) is 2.42. The molecule has 0 aromatic heterocycles. The Morgan fingerprint density at radius 1 is 1.29 bits per heavy atom. The Morgan fingerprint density at radius 3 is 2.86 bits per heavy atom. The van der Waals surface area contributed by atoms with Gasteiger partial charge in [-0.2, -0.15) is 0 Å². The minimum absolute atomic E-state index is 0.103. The number of hydrogen-bond donors (Lipinski definition) is 0. The summed E-state index contributed by atoms with van der Waals surface area (Å²) in [5.41, 5.74) is 3.00. The first-order valence-electron chi connectivity index (χ1n) is 4.67. The summed E-state index contributed by atoms with van der Waals surface area (Å²) in [6.07, 6.45) is 3.57. The highest BCUT2D eigenvalue weighted by molar-refractivity contribution is 6.30. The van der Waals surface area contributed by atoms with Gasteiger partial charge in [0.05, 0.1) is 0 Å². The fourth-order valence-electron chi connectivity index (χ4n) is 1.72. The summed E-state index contributed by atoms with van der Waals surface area (Å²) >= 11 is 5.89. The number of halogens is 1. The molecule has 0 spiro atoms. The van der Waals surface area contributed by atoms with Crippen LogP contribution in [0.3, 0.4) is 0 Å². The summed E-state index contributed by atoms with van der Waals surface area (Å²) in [5.74, 6) is 0.103. The molecule has 1 aliphatic rings. The molecule has 1 aliphatic carbocycles. The van der Waals surface area contributed by atoms with Gasteiger partial charge in [0.15, 0.2) is 5.78 Å². The Hall–Kier alpha value is -1.08. The Labute approximate surface area is 88.4 Å². The van der Waals surface area contributed by atoms with E-state index in [4.69, 9.17) is 11.6 Å². The van der Waals surface area contributed by atoms with E-state index in [1.165, 1.54) is 0 Å². The van der Waals surface area contributed by atoms with Crippen LogP contribution in [0.5, 0.6) is 0 Å². The molecule has 0 amide bonds. The highest BCUT2D eigenvalue weighted by Gasteiger charge is 2.13. The fourth-order valence-corrected chi connectivity index (χ4v) is 1.91. The van der Waals surface area contributed by atoms with E-state index in [1.54, 1.807) is 12.1 Å². The highest BCUT2D eigenvalue weighted by Crippen LogP contribution is 2.23. The number of carbonyl (C=O) groups is 1. The molecule has 14 heavy (non-hydrogen) atoms. The quantitative estimate of drug-likeness (QED) is 0.636. The standard InChI is InChI=1S/C12H11ClO/c1-8-2-3-9-7-10(13)4-5-11(9)12(14)6-8/h4-7H,2-3H2,1H3. The SMILES string of the molecule is CC1=CC(=O)c2ccc(Cl)cc2CC1. The first-order valence-corrected chi connectivity index (χ1v) is 5.04. The van der Waals surface area contributed by atoms with Crippen molar-refractivity contribution in [2.45, 2.75) is 19.8 Å². The average Bonchev–Trinajstić information content (AvgIpc) is 2.26. The molecule has 0 fully saturated rings. The smallest absolute Gasteiger partial charge is 0.186 e. The van der Waals surface area contributed by atoms with E-state index in [2.05, 4.69) is 0 Å². The molecule has 0 atom stereocenters. The topological polar surface area (TPSA) is 17.1 Å². The lowest BCUT2D eigenvalue weighted by molar-refractivity contribution is 0.104. The van der Waals surface area contributed by atoms with Crippen molar-refractivity contribution < 1.29 is 4.79 Å². The lowest BCUT2D eigenvalue weighted by Crippen LogP contribution is -1.97. The molecule has 0 heterocycles. The highest BCUT2D eigenvalue weighted by atomic mass is 35.5. The van der Waals surface area contributed by atoms with Gasteiger partial charge in [-0.3, -0.25) is 4.79 Å². The zero-order valence-corrected chi connectivity index (χ0v) is 8.77. The van der Waals surface area contributed by atoms with Crippen LogP contribution < -0.4 is 0 Å². The summed E-state index contributed by atoms with van der Waals surface area (Å²) in [6.45, 7) is 1.99. The first-order chi connectivity index (χ1) is 6.66. The van der Waals surface area contributed by atoms with Crippen molar-refractivity contribution in [3.63, 3.8) is 0 Å². The van der Waals surface area contributed by atoms with Crippen molar-refractivity contribution in [3.8, 4) is 0 Å². The molecule has 1 aromatic rings. The number of allylic oxidation sites excluding steroid dienone is 2. The van der Waals surface area contributed by atoms with E-state index in [-0.39, 0.29) is 5.78 Å². The van der Waals surface area contributed by atoms with Crippen molar-refractivity contribution in [3.05, 3.63) is 46.0 Å². The third-order valence-electron chi connectivity index (χ3n) is 2.50. The summed E-state index contributed by atoms with van der Waals surface area (Å²) in [5, 5.41) is 0.705. The zero-order valence-electron chi connectivity index (χ0n) is 8.01. The lowest BCUT2D eigenvalue weighted by Gasteiger charge is -2.03. The predicted octanol–water partition coefficient (Wildman–Crippen LogP) is 3.42. The van der Waals surface area contributed by atoms with Crippen LogP contribution in [0.4, 0.5) is 0 Å². The van der Waals surface area contributed by atoms with E-state index in [0.29, 0.717) is 5.02 Å². The van der Waals surface area contributed by atoms with Gasteiger partial charge in [0, 0.05) is 10.6 Å². The predicted molar refractivity (Wildman–Crippen MR) is 57.9 cm³/mol. The van der Waals surface area contributed by atoms with Crippen LogP contribution in [0, 0.1) is 0 Å². The van der Waals surface area contributed by atoms with E-state index in [9.17, 15) is 4.79 Å². The van der Waals surface area contributed by atoms with Crippen molar-refractivity contribution >= 4 is 17.4 Å². The van der Waals surface area contributed by atoms with Crippen LogP contribution in [0.2, 0.25) is 5.02 Å². The summed E-state index contributed by atoms with van der Waals surface area (Å²) in [4.78, 5) is 11.7. The minimum Gasteiger partial charge on any atom is -0.289 e. The Balaban J connectivity index is 2.51. The molecule has 72 valence electrons. The second-order valence-electron chi connectivity index (χ2n) is 3.66. The van der Waals surface area contributed by atoms with Crippen molar-refractivity contribution in [2.24, 2.45) is 0 Å². The minimum atomic E-state index is 0.103. The van der Waals surface area contributed by atoms with Gasteiger partial charge in [-0.15, -0.1) is 0 Å². The van der Waals surface area contributed by atoms with Crippen LogP contribution in [-0.4, -0.2) is 5.78 Å². The van der Waals surface area contributed by atoms with Gasteiger partial charge in [-0.1, -0.05) is 17.2 Å². The maximum atomic E-state index is 11.7. The van der Waals surface area contributed by atoms with E-state index in [0.717, 1.165) is 29.5 Å². The number of hydrogen-bond acceptors (Lipinski definition) is 1.